The molecule has 1 aromatic heterocycles. The number of benzene rings is 1. The third-order valence-electron chi connectivity index (χ3n) is 4.21. The van der Waals surface area contributed by atoms with Crippen LogP contribution in [0.2, 0.25) is 0 Å². The number of fused-ring (bicyclic) bond motifs is 1. The minimum Gasteiger partial charge on any atom is -0.444 e. The molecule has 3 rings (SSSR count). The molecule has 0 aliphatic carbocycles. The first-order chi connectivity index (χ1) is 11.3. The first kappa shape index (κ1) is 16.6. The Labute approximate surface area is 143 Å². The number of ether oxygens (including phenoxy) is 1. The zero-order valence-electron chi connectivity index (χ0n) is 14.8. The smallest absolute Gasteiger partial charge is 0.410 e. The zero-order valence-corrected chi connectivity index (χ0v) is 14.8. The lowest BCUT2D eigenvalue weighted by atomic mass is 10.1. The molecule has 24 heavy (non-hydrogen) atoms. The Morgan fingerprint density at radius 1 is 1.21 bits per heavy atom. The van der Waals surface area contributed by atoms with Gasteiger partial charge in [0.2, 0.25) is 0 Å². The largest absolute Gasteiger partial charge is 0.444 e. The van der Waals surface area contributed by atoms with Crippen molar-refractivity contribution in [3.05, 3.63) is 36.5 Å². The molecule has 2 heterocycles. The summed E-state index contributed by atoms with van der Waals surface area (Å²) in [6, 6.07) is 10.4. The van der Waals surface area contributed by atoms with Crippen LogP contribution in [-0.2, 0) is 4.74 Å². The van der Waals surface area contributed by atoms with Crippen LogP contribution in [0.15, 0.2) is 36.5 Å². The van der Waals surface area contributed by atoms with Gasteiger partial charge in [0, 0.05) is 37.3 Å². The average molecular weight is 327 g/mol. The molecule has 0 N–H and O–H groups in total. The molecule has 5 nitrogen and oxygen atoms in total. The summed E-state index contributed by atoms with van der Waals surface area (Å²) in [6.45, 7) is 9.96. The molecule has 1 aliphatic heterocycles. The summed E-state index contributed by atoms with van der Waals surface area (Å²) in [5.74, 6) is 0. The lowest BCUT2D eigenvalue weighted by Gasteiger charge is -2.41. The van der Waals surface area contributed by atoms with Gasteiger partial charge in [-0.25, -0.2) is 4.79 Å². The number of hydrogen-bond acceptors (Lipinski definition) is 4. The Morgan fingerprint density at radius 2 is 1.96 bits per heavy atom. The maximum absolute atomic E-state index is 12.4. The number of rotatable bonds is 1. The third kappa shape index (κ3) is 3.45. The van der Waals surface area contributed by atoms with Crippen molar-refractivity contribution >= 4 is 22.7 Å². The number of carbonyl (C=O) groups excluding carboxylic acids is 1. The number of hydrogen-bond donors (Lipinski definition) is 0. The van der Waals surface area contributed by atoms with Gasteiger partial charge in [-0.3, -0.25) is 4.98 Å². The lowest BCUT2D eigenvalue weighted by molar-refractivity contribution is 0.0159. The molecule has 1 unspecified atom stereocenters. The molecule has 1 atom stereocenters. The minimum atomic E-state index is -0.465. The van der Waals surface area contributed by atoms with E-state index in [1.54, 1.807) is 0 Å². The zero-order chi connectivity index (χ0) is 17.3. The van der Waals surface area contributed by atoms with Crippen LogP contribution in [0, 0.1) is 0 Å². The normalized spacial score (nSPS) is 18.8. The van der Waals surface area contributed by atoms with E-state index in [1.165, 1.54) is 0 Å². The van der Waals surface area contributed by atoms with E-state index in [-0.39, 0.29) is 12.1 Å². The molecule has 1 amide bonds. The van der Waals surface area contributed by atoms with Gasteiger partial charge >= 0.3 is 6.09 Å². The van der Waals surface area contributed by atoms with Gasteiger partial charge in [-0.15, -0.1) is 0 Å². The molecule has 1 saturated heterocycles. The van der Waals surface area contributed by atoms with Gasteiger partial charge in [0.15, 0.2) is 0 Å². The molecule has 1 aliphatic rings. The van der Waals surface area contributed by atoms with Crippen molar-refractivity contribution in [2.75, 3.05) is 24.5 Å². The van der Waals surface area contributed by atoms with Crippen LogP contribution >= 0.6 is 0 Å². The summed E-state index contributed by atoms with van der Waals surface area (Å²) in [6.07, 6.45) is 1.59. The Bertz CT molecular complexity index is 733. The fourth-order valence-electron chi connectivity index (χ4n) is 3.11. The van der Waals surface area contributed by atoms with Gasteiger partial charge in [0.25, 0.3) is 0 Å². The maximum Gasteiger partial charge on any atom is 0.410 e. The SMILES string of the molecule is CC1CN(c2cccc3cccnc23)CCN1C(=O)OC(C)(C)C. The molecule has 0 saturated carbocycles. The van der Waals surface area contributed by atoms with Crippen LogP contribution in [-0.4, -0.2) is 47.3 Å². The molecule has 2 aromatic rings. The topological polar surface area (TPSA) is 45.7 Å². The summed E-state index contributed by atoms with van der Waals surface area (Å²) in [5.41, 5.74) is 1.68. The van der Waals surface area contributed by atoms with Crippen molar-refractivity contribution < 1.29 is 9.53 Å². The second kappa shape index (κ2) is 6.30. The summed E-state index contributed by atoms with van der Waals surface area (Å²) in [7, 11) is 0. The Morgan fingerprint density at radius 3 is 2.67 bits per heavy atom. The first-order valence-corrected chi connectivity index (χ1v) is 8.43. The Balaban J connectivity index is 1.77. The fourth-order valence-corrected chi connectivity index (χ4v) is 3.11. The summed E-state index contributed by atoms with van der Waals surface area (Å²) >= 11 is 0. The molecule has 5 heteroatoms. The van der Waals surface area contributed by atoms with Crippen LogP contribution in [0.3, 0.4) is 0 Å². The highest BCUT2D eigenvalue weighted by atomic mass is 16.6. The van der Waals surface area contributed by atoms with Gasteiger partial charge in [-0.1, -0.05) is 18.2 Å². The molecular formula is C19H25N3O2. The second-order valence-corrected chi connectivity index (χ2v) is 7.32. The van der Waals surface area contributed by atoms with Crippen LogP contribution in [0.4, 0.5) is 10.5 Å². The maximum atomic E-state index is 12.4. The van der Waals surface area contributed by atoms with E-state index in [0.29, 0.717) is 6.54 Å². The van der Waals surface area contributed by atoms with Crippen LogP contribution < -0.4 is 4.90 Å². The number of piperazine rings is 1. The van der Waals surface area contributed by atoms with E-state index < -0.39 is 5.60 Å². The number of pyridine rings is 1. The molecule has 128 valence electrons. The molecular weight excluding hydrogens is 302 g/mol. The van der Waals surface area contributed by atoms with E-state index in [2.05, 4.69) is 41.1 Å². The van der Waals surface area contributed by atoms with Crippen molar-refractivity contribution in [2.45, 2.75) is 39.3 Å². The molecule has 0 radical (unpaired) electrons. The molecule has 0 bridgehead atoms. The van der Waals surface area contributed by atoms with Crippen LogP contribution in [0.5, 0.6) is 0 Å². The predicted octanol–water partition coefficient (Wildman–Crippen LogP) is 3.68. The highest BCUT2D eigenvalue weighted by Gasteiger charge is 2.31. The summed E-state index contributed by atoms with van der Waals surface area (Å²) in [5, 5.41) is 1.14. The van der Waals surface area contributed by atoms with Crippen LogP contribution in [0.1, 0.15) is 27.7 Å². The van der Waals surface area contributed by atoms with E-state index >= 15 is 0 Å². The Hall–Kier alpha value is -2.30. The van der Waals surface area contributed by atoms with Crippen molar-refractivity contribution in [3.8, 4) is 0 Å². The standard InChI is InChI=1S/C19H25N3O2/c1-14-13-21(11-12-22(14)18(23)24-19(2,3)4)16-9-5-7-15-8-6-10-20-17(15)16/h5-10,14H,11-13H2,1-4H3. The monoisotopic (exact) mass is 327 g/mol. The molecule has 1 aromatic carbocycles. The first-order valence-electron chi connectivity index (χ1n) is 8.43. The summed E-state index contributed by atoms with van der Waals surface area (Å²) in [4.78, 5) is 21.0. The van der Waals surface area contributed by atoms with E-state index in [4.69, 9.17) is 4.74 Å². The molecule has 1 fully saturated rings. The average Bonchev–Trinajstić information content (AvgIpc) is 2.52. The van der Waals surface area contributed by atoms with Gasteiger partial charge in [-0.2, -0.15) is 0 Å². The minimum absolute atomic E-state index is 0.0903. The van der Waals surface area contributed by atoms with E-state index in [0.717, 1.165) is 29.7 Å². The van der Waals surface area contributed by atoms with Crippen molar-refractivity contribution in [1.29, 1.82) is 0 Å². The van der Waals surface area contributed by atoms with Gasteiger partial charge in [0.1, 0.15) is 5.60 Å². The van der Waals surface area contributed by atoms with Crippen LogP contribution in [0.25, 0.3) is 10.9 Å². The summed E-state index contributed by atoms with van der Waals surface area (Å²) < 4.78 is 5.51. The highest BCUT2D eigenvalue weighted by molar-refractivity contribution is 5.90. The third-order valence-corrected chi connectivity index (χ3v) is 4.21. The number of para-hydroxylation sites is 1. The van der Waals surface area contributed by atoms with Gasteiger partial charge < -0.3 is 14.5 Å². The number of aromatic nitrogens is 1. The number of carbonyl (C=O) groups is 1. The highest BCUT2D eigenvalue weighted by Crippen LogP contribution is 2.27. The quantitative estimate of drug-likeness (QED) is 0.801. The van der Waals surface area contributed by atoms with Crippen molar-refractivity contribution in [1.82, 2.24) is 9.88 Å². The predicted molar refractivity (Wildman–Crippen MR) is 96.4 cm³/mol. The number of nitrogens with zero attached hydrogens (tertiary/aromatic N) is 3. The number of anilines is 1. The van der Waals surface area contributed by atoms with Crippen molar-refractivity contribution in [3.63, 3.8) is 0 Å². The lowest BCUT2D eigenvalue weighted by Crippen LogP contribution is -2.55. The second-order valence-electron chi connectivity index (χ2n) is 7.32. The van der Waals surface area contributed by atoms with Gasteiger partial charge in [0.05, 0.1) is 11.2 Å². The molecule has 0 spiro atoms. The van der Waals surface area contributed by atoms with E-state index in [9.17, 15) is 4.79 Å². The number of amides is 1. The van der Waals surface area contributed by atoms with Crippen molar-refractivity contribution in [2.24, 2.45) is 0 Å². The van der Waals surface area contributed by atoms with Gasteiger partial charge in [-0.05, 0) is 39.8 Å². The van der Waals surface area contributed by atoms with E-state index in [1.807, 2.05) is 37.9 Å². The fraction of sp³-hybridized carbons (Fsp3) is 0.474. The Kier molecular flexibility index (Phi) is 4.35.